The van der Waals surface area contributed by atoms with Gasteiger partial charge in [-0.05, 0) is 59.9 Å². The molecular weight excluding hydrogens is 198 g/mol. The molecule has 0 radical (unpaired) electrons. The molecule has 0 amide bonds. The van der Waals surface area contributed by atoms with Crippen molar-refractivity contribution in [3.63, 3.8) is 0 Å². The topological polar surface area (TPSA) is 21.3 Å². The van der Waals surface area contributed by atoms with Gasteiger partial charge >= 0.3 is 0 Å². The highest BCUT2D eigenvalue weighted by molar-refractivity contribution is 4.76. The molecule has 0 spiro atoms. The monoisotopic (exact) mass is 229 g/mol. The van der Waals surface area contributed by atoms with Crippen LogP contribution in [0.5, 0.6) is 0 Å². The van der Waals surface area contributed by atoms with Gasteiger partial charge in [-0.2, -0.15) is 0 Å². The summed E-state index contributed by atoms with van der Waals surface area (Å²) >= 11 is 0. The molecule has 1 N–H and O–H groups in total. The lowest BCUT2D eigenvalue weighted by atomic mass is 9.96. The summed E-state index contributed by atoms with van der Waals surface area (Å²) in [4.78, 5) is 0. The lowest BCUT2D eigenvalue weighted by Crippen LogP contribution is -2.38. The molecule has 16 heavy (non-hydrogen) atoms. The third-order valence-corrected chi connectivity index (χ3v) is 3.22. The van der Waals surface area contributed by atoms with Crippen molar-refractivity contribution in [3.05, 3.63) is 0 Å². The van der Waals surface area contributed by atoms with Crippen molar-refractivity contribution in [1.29, 1.82) is 0 Å². The van der Waals surface area contributed by atoms with E-state index in [1.54, 1.807) is 0 Å². The summed E-state index contributed by atoms with van der Waals surface area (Å²) in [5.74, 6) is 0.761. The molecule has 0 aromatic heterocycles. The minimum atomic E-state index is 0.0219. The van der Waals surface area contributed by atoms with Crippen LogP contribution >= 0.6 is 0 Å². The number of nitrogens with one attached hydrogen (secondary N) is 1. The SMILES string of the molecule is CNC(C)(C)CCOC(C)(C)CCC(C)C. The Morgan fingerprint density at radius 1 is 1.06 bits per heavy atom. The number of hydrogen-bond donors (Lipinski definition) is 1. The van der Waals surface area contributed by atoms with Crippen molar-refractivity contribution < 1.29 is 4.74 Å². The summed E-state index contributed by atoms with van der Waals surface area (Å²) in [5.41, 5.74) is 0.197. The molecule has 0 heterocycles. The summed E-state index contributed by atoms with van der Waals surface area (Å²) in [6, 6.07) is 0. The minimum absolute atomic E-state index is 0.0219. The Morgan fingerprint density at radius 2 is 1.62 bits per heavy atom. The fourth-order valence-electron chi connectivity index (χ4n) is 1.42. The van der Waals surface area contributed by atoms with Crippen LogP contribution in [0.3, 0.4) is 0 Å². The van der Waals surface area contributed by atoms with Crippen molar-refractivity contribution in [2.24, 2.45) is 5.92 Å². The van der Waals surface area contributed by atoms with Crippen LogP contribution in [-0.4, -0.2) is 24.8 Å². The van der Waals surface area contributed by atoms with E-state index in [9.17, 15) is 0 Å². The van der Waals surface area contributed by atoms with Crippen molar-refractivity contribution in [1.82, 2.24) is 5.32 Å². The van der Waals surface area contributed by atoms with Gasteiger partial charge in [0.2, 0.25) is 0 Å². The third kappa shape index (κ3) is 8.12. The maximum atomic E-state index is 5.98. The van der Waals surface area contributed by atoms with E-state index in [4.69, 9.17) is 4.74 Å². The van der Waals surface area contributed by atoms with Crippen LogP contribution in [0.25, 0.3) is 0 Å². The Hall–Kier alpha value is -0.0800. The fraction of sp³-hybridized carbons (Fsp3) is 1.00. The average molecular weight is 229 g/mol. The highest BCUT2D eigenvalue weighted by Crippen LogP contribution is 2.21. The maximum Gasteiger partial charge on any atom is 0.0626 e. The Morgan fingerprint density at radius 3 is 2.06 bits per heavy atom. The second kappa shape index (κ2) is 6.61. The lowest BCUT2D eigenvalue weighted by Gasteiger charge is -2.29. The molecule has 98 valence electrons. The standard InChI is InChI=1S/C14H31NO/c1-12(2)8-9-14(5,6)16-11-10-13(3,4)15-7/h12,15H,8-11H2,1-7H3. The molecule has 2 heteroatoms. The van der Waals surface area contributed by atoms with Gasteiger partial charge in [0.25, 0.3) is 0 Å². The largest absolute Gasteiger partial charge is 0.376 e. The van der Waals surface area contributed by atoms with E-state index in [1.165, 1.54) is 6.42 Å². The molecule has 0 aromatic rings. The van der Waals surface area contributed by atoms with Gasteiger partial charge in [-0.3, -0.25) is 0 Å². The number of ether oxygens (including phenoxy) is 1. The fourth-order valence-corrected chi connectivity index (χ4v) is 1.42. The molecule has 0 aliphatic carbocycles. The predicted molar refractivity (Wildman–Crippen MR) is 71.9 cm³/mol. The molecule has 0 saturated carbocycles. The van der Waals surface area contributed by atoms with Crippen LogP contribution in [0.15, 0.2) is 0 Å². The van der Waals surface area contributed by atoms with Crippen LogP contribution in [0.2, 0.25) is 0 Å². The second-order valence-corrected chi connectivity index (χ2v) is 6.42. The summed E-state index contributed by atoms with van der Waals surface area (Å²) in [6.45, 7) is 14.2. The first-order chi connectivity index (χ1) is 7.18. The molecule has 0 saturated heterocycles. The third-order valence-electron chi connectivity index (χ3n) is 3.22. The van der Waals surface area contributed by atoms with Crippen LogP contribution in [0, 0.1) is 5.92 Å². The zero-order valence-corrected chi connectivity index (χ0v) is 12.3. The molecule has 0 bridgehead atoms. The zero-order valence-electron chi connectivity index (χ0n) is 12.3. The van der Waals surface area contributed by atoms with E-state index >= 15 is 0 Å². The quantitative estimate of drug-likeness (QED) is 0.686. The van der Waals surface area contributed by atoms with E-state index < -0.39 is 0 Å². The summed E-state index contributed by atoms with van der Waals surface area (Å²) in [5, 5.41) is 3.30. The summed E-state index contributed by atoms with van der Waals surface area (Å²) in [7, 11) is 2.00. The van der Waals surface area contributed by atoms with E-state index in [0.29, 0.717) is 0 Å². The number of rotatable bonds is 8. The molecule has 0 aliphatic heterocycles. The van der Waals surface area contributed by atoms with Crippen molar-refractivity contribution in [2.75, 3.05) is 13.7 Å². The van der Waals surface area contributed by atoms with Crippen molar-refractivity contribution in [3.8, 4) is 0 Å². The first-order valence-electron chi connectivity index (χ1n) is 6.51. The maximum absolute atomic E-state index is 5.98. The first kappa shape index (κ1) is 15.9. The molecular formula is C14H31NO. The van der Waals surface area contributed by atoms with Gasteiger partial charge in [-0.25, -0.2) is 0 Å². The van der Waals surface area contributed by atoms with Gasteiger partial charge in [0.15, 0.2) is 0 Å². The molecule has 0 atom stereocenters. The molecule has 0 aromatic carbocycles. The molecule has 0 unspecified atom stereocenters. The normalized spacial score (nSPS) is 13.5. The lowest BCUT2D eigenvalue weighted by molar-refractivity contribution is -0.0334. The van der Waals surface area contributed by atoms with E-state index in [0.717, 1.165) is 25.4 Å². The van der Waals surface area contributed by atoms with Crippen LogP contribution in [0.4, 0.5) is 0 Å². The highest BCUT2D eigenvalue weighted by atomic mass is 16.5. The Kier molecular flexibility index (Phi) is 6.57. The van der Waals surface area contributed by atoms with Gasteiger partial charge in [-0.15, -0.1) is 0 Å². The van der Waals surface area contributed by atoms with Gasteiger partial charge in [0.1, 0.15) is 0 Å². The Balaban J connectivity index is 3.82. The van der Waals surface area contributed by atoms with Crippen molar-refractivity contribution in [2.45, 2.75) is 71.9 Å². The van der Waals surface area contributed by atoms with Crippen LogP contribution in [0.1, 0.15) is 60.8 Å². The van der Waals surface area contributed by atoms with E-state index in [1.807, 2.05) is 7.05 Å². The van der Waals surface area contributed by atoms with Gasteiger partial charge in [0.05, 0.1) is 5.60 Å². The number of hydrogen-bond acceptors (Lipinski definition) is 2. The average Bonchev–Trinajstić information content (AvgIpc) is 2.14. The second-order valence-electron chi connectivity index (χ2n) is 6.42. The summed E-state index contributed by atoms with van der Waals surface area (Å²) < 4.78 is 5.98. The Labute approximate surface area is 102 Å². The van der Waals surface area contributed by atoms with Gasteiger partial charge in [0, 0.05) is 12.1 Å². The minimum Gasteiger partial charge on any atom is -0.376 e. The molecule has 2 nitrogen and oxygen atoms in total. The Bertz CT molecular complexity index is 185. The molecule has 0 rings (SSSR count). The van der Waals surface area contributed by atoms with Crippen LogP contribution in [-0.2, 0) is 4.74 Å². The first-order valence-corrected chi connectivity index (χ1v) is 6.51. The van der Waals surface area contributed by atoms with E-state index in [-0.39, 0.29) is 11.1 Å². The van der Waals surface area contributed by atoms with Gasteiger partial charge in [-0.1, -0.05) is 13.8 Å². The zero-order chi connectivity index (χ0) is 12.8. The van der Waals surface area contributed by atoms with Crippen molar-refractivity contribution >= 4 is 0 Å². The van der Waals surface area contributed by atoms with Crippen LogP contribution < -0.4 is 5.32 Å². The summed E-state index contributed by atoms with van der Waals surface area (Å²) in [6.07, 6.45) is 3.43. The molecule has 0 aliphatic rings. The van der Waals surface area contributed by atoms with Gasteiger partial charge < -0.3 is 10.1 Å². The molecule has 0 fully saturated rings. The van der Waals surface area contributed by atoms with E-state index in [2.05, 4.69) is 46.9 Å². The predicted octanol–water partition coefficient (Wildman–Crippen LogP) is 3.61. The smallest absolute Gasteiger partial charge is 0.0626 e. The highest BCUT2D eigenvalue weighted by Gasteiger charge is 2.21.